The second-order valence-electron chi connectivity index (χ2n) is 3.63. The van der Waals surface area contributed by atoms with E-state index in [1.807, 2.05) is 24.3 Å². The van der Waals surface area contributed by atoms with Crippen LogP contribution in [0.15, 0.2) is 41.0 Å². The van der Waals surface area contributed by atoms with Gasteiger partial charge >= 0.3 is 0 Å². The van der Waals surface area contributed by atoms with E-state index in [0.717, 1.165) is 27.9 Å². The van der Waals surface area contributed by atoms with E-state index in [-0.39, 0.29) is 38.6 Å². The number of rotatable bonds is 1. The summed E-state index contributed by atoms with van der Waals surface area (Å²) in [7, 11) is 0. The van der Waals surface area contributed by atoms with Gasteiger partial charge in [0.15, 0.2) is 0 Å². The molecule has 0 saturated heterocycles. The third-order valence-electron chi connectivity index (χ3n) is 2.52. The van der Waals surface area contributed by atoms with Crippen LogP contribution in [0.2, 0.25) is 0 Å². The number of hydrogen-bond acceptors (Lipinski definition) is 1. The number of benzene rings is 1. The molecule has 0 saturated carbocycles. The maximum absolute atomic E-state index is 5.39. The van der Waals surface area contributed by atoms with E-state index in [0.29, 0.717) is 0 Å². The van der Waals surface area contributed by atoms with Gasteiger partial charge in [0.25, 0.3) is 0 Å². The Kier molecular flexibility index (Phi) is 5.66. The van der Waals surface area contributed by atoms with Crippen molar-refractivity contribution in [3.63, 3.8) is 0 Å². The molecule has 2 rings (SSSR count). The van der Waals surface area contributed by atoms with Gasteiger partial charge in [-0.1, -0.05) is 47.0 Å². The zero-order chi connectivity index (χ0) is 11.5. The molecule has 1 nitrogen and oxygen atoms in total. The Labute approximate surface area is 136 Å². The molecule has 1 aromatic rings. The van der Waals surface area contributed by atoms with Gasteiger partial charge in [0.1, 0.15) is 0 Å². The summed E-state index contributed by atoms with van der Waals surface area (Å²) in [5, 5.41) is 3.21. The van der Waals surface area contributed by atoms with Crippen molar-refractivity contribution in [3.05, 3.63) is 52.7 Å². The molecular weight excluding hydrogens is 351 g/mol. The Morgan fingerprint density at radius 1 is 1.41 bits per heavy atom. The molecule has 1 heterocycles. The molecule has 0 aromatic heterocycles. The molecule has 1 aliphatic heterocycles. The van der Waals surface area contributed by atoms with Crippen LogP contribution in [-0.4, -0.2) is 0 Å². The Morgan fingerprint density at radius 2 is 2.06 bits per heavy atom. The van der Waals surface area contributed by atoms with E-state index in [9.17, 15) is 0 Å². The molecule has 0 fully saturated rings. The van der Waals surface area contributed by atoms with Gasteiger partial charge in [-0.05, 0) is 0 Å². The van der Waals surface area contributed by atoms with Crippen molar-refractivity contribution in [2.75, 3.05) is 0 Å². The molecule has 1 aromatic carbocycles. The van der Waals surface area contributed by atoms with Crippen LogP contribution in [0.5, 0.6) is 0 Å². The Hall–Kier alpha value is -0.356. The summed E-state index contributed by atoms with van der Waals surface area (Å²) < 4.78 is 1.06. The maximum Gasteiger partial charge on any atom is 0.0469 e. The van der Waals surface area contributed by atoms with Gasteiger partial charge in [-0.25, -0.2) is 6.08 Å². The summed E-state index contributed by atoms with van der Waals surface area (Å²) in [4.78, 5) is 0. The van der Waals surface area contributed by atoms with Gasteiger partial charge in [-0.15, -0.1) is 24.3 Å². The van der Waals surface area contributed by atoms with Gasteiger partial charge in [0.05, 0.1) is 0 Å². The first kappa shape index (κ1) is 14.7. The monoisotopic (exact) mass is 361 g/mol. The molecule has 1 radical (unpaired) electrons. The fourth-order valence-electron chi connectivity index (χ4n) is 1.57. The molecule has 0 amide bonds. The molecule has 3 heteroatoms. The van der Waals surface area contributed by atoms with Gasteiger partial charge < -0.3 is 5.32 Å². The van der Waals surface area contributed by atoms with E-state index in [2.05, 4.69) is 39.8 Å². The van der Waals surface area contributed by atoms with Crippen molar-refractivity contribution in [3.8, 4) is 12.3 Å². The standard InChI is InChI=1S/C14H11BrN.Y/c1-3-11-6-9-14(16-10(11)2)12-4-7-13(15)8-5-12;/h1,4-5,7-8,11,16H,2,6H2;/q-1;. The maximum atomic E-state index is 5.39. The van der Waals surface area contributed by atoms with Crippen LogP contribution in [0, 0.1) is 24.3 Å². The predicted molar refractivity (Wildman–Crippen MR) is 70.0 cm³/mol. The first-order valence-corrected chi connectivity index (χ1v) is 5.78. The quantitative estimate of drug-likeness (QED) is 0.597. The van der Waals surface area contributed by atoms with Crippen molar-refractivity contribution in [2.45, 2.75) is 6.42 Å². The molecule has 17 heavy (non-hydrogen) atoms. The van der Waals surface area contributed by atoms with E-state index >= 15 is 0 Å². The first-order valence-electron chi connectivity index (χ1n) is 4.99. The summed E-state index contributed by atoms with van der Waals surface area (Å²) in [6.07, 6.45) is 9.39. The minimum atomic E-state index is 0. The molecule has 83 valence electrons. The van der Waals surface area contributed by atoms with Gasteiger partial charge in [-0.2, -0.15) is 5.56 Å². The first-order chi connectivity index (χ1) is 7.70. The van der Waals surface area contributed by atoms with Crippen LogP contribution in [-0.2, 0) is 32.7 Å². The molecule has 1 aliphatic rings. The van der Waals surface area contributed by atoms with Crippen molar-refractivity contribution in [2.24, 2.45) is 5.92 Å². The van der Waals surface area contributed by atoms with Gasteiger partial charge in [0.2, 0.25) is 0 Å². The SMILES string of the molecule is C#CC1C[C-]=C(c2ccc(Br)cc2)NC1=C.[Y]. The van der Waals surface area contributed by atoms with Gasteiger partial charge in [-0.3, -0.25) is 0 Å². The molecule has 1 unspecified atom stereocenters. The summed E-state index contributed by atoms with van der Waals surface area (Å²) in [5.41, 5.74) is 2.93. The van der Waals surface area contributed by atoms with Crippen molar-refractivity contribution in [1.82, 2.24) is 5.32 Å². The number of hydrogen-bond donors (Lipinski definition) is 1. The topological polar surface area (TPSA) is 12.0 Å². The number of halogens is 1. The van der Waals surface area contributed by atoms with Crippen LogP contribution in [0.4, 0.5) is 0 Å². The van der Waals surface area contributed by atoms with E-state index in [4.69, 9.17) is 6.42 Å². The smallest absolute Gasteiger partial charge is 0.0469 e. The van der Waals surface area contributed by atoms with Crippen molar-refractivity contribution >= 4 is 21.6 Å². The van der Waals surface area contributed by atoms with E-state index in [1.54, 1.807) is 0 Å². The number of allylic oxidation sites excluding steroid dienone is 2. The summed E-state index contributed by atoms with van der Waals surface area (Å²) in [5.74, 6) is 2.74. The molecule has 0 bridgehead atoms. The third kappa shape index (κ3) is 3.55. The normalized spacial score (nSPS) is 18.5. The van der Waals surface area contributed by atoms with Gasteiger partial charge in [0, 0.05) is 48.8 Å². The van der Waals surface area contributed by atoms with Crippen molar-refractivity contribution < 1.29 is 32.7 Å². The summed E-state index contributed by atoms with van der Waals surface area (Å²) in [6, 6.07) is 8.06. The Morgan fingerprint density at radius 3 is 2.59 bits per heavy atom. The Bertz CT molecular complexity index is 482. The second-order valence-corrected chi connectivity index (χ2v) is 4.55. The van der Waals surface area contributed by atoms with Crippen LogP contribution < -0.4 is 5.32 Å². The van der Waals surface area contributed by atoms with E-state index < -0.39 is 0 Å². The Balaban J connectivity index is 0.00000144. The molecule has 0 aliphatic carbocycles. The van der Waals surface area contributed by atoms with Crippen LogP contribution in [0.25, 0.3) is 5.70 Å². The minimum Gasteiger partial charge on any atom is -0.393 e. The van der Waals surface area contributed by atoms with Crippen molar-refractivity contribution in [1.29, 1.82) is 0 Å². The van der Waals surface area contributed by atoms with Crippen LogP contribution >= 0.6 is 15.9 Å². The molecule has 1 atom stereocenters. The molecular formula is C14H11BrNY-. The zero-order valence-electron chi connectivity index (χ0n) is 9.33. The predicted octanol–water partition coefficient (Wildman–Crippen LogP) is 3.35. The number of nitrogens with one attached hydrogen (secondary N) is 1. The molecule has 1 N–H and O–H groups in total. The number of terminal acetylenes is 1. The molecule has 0 spiro atoms. The average Bonchev–Trinajstić information content (AvgIpc) is 2.30. The largest absolute Gasteiger partial charge is 0.393 e. The second kappa shape index (κ2) is 6.54. The van der Waals surface area contributed by atoms with Crippen LogP contribution in [0.1, 0.15) is 12.0 Å². The summed E-state index contributed by atoms with van der Waals surface area (Å²) in [6.45, 7) is 3.94. The minimum absolute atomic E-state index is 0. The van der Waals surface area contributed by atoms with E-state index in [1.165, 1.54) is 0 Å². The average molecular weight is 362 g/mol. The fourth-order valence-corrected chi connectivity index (χ4v) is 1.83. The summed E-state index contributed by atoms with van der Waals surface area (Å²) >= 11 is 3.41. The third-order valence-corrected chi connectivity index (χ3v) is 3.05. The zero-order valence-corrected chi connectivity index (χ0v) is 13.8. The van der Waals surface area contributed by atoms with Crippen LogP contribution in [0.3, 0.4) is 0 Å². The fraction of sp³-hybridized carbons (Fsp3) is 0.143.